The van der Waals surface area contributed by atoms with Gasteiger partial charge in [0.2, 0.25) is 0 Å². The summed E-state index contributed by atoms with van der Waals surface area (Å²) in [5.41, 5.74) is 2.22. The summed E-state index contributed by atoms with van der Waals surface area (Å²) in [5.74, 6) is 0.612. The van der Waals surface area contributed by atoms with Crippen LogP contribution in [-0.4, -0.2) is 20.5 Å². The molecule has 3 rings (SSSR count). The van der Waals surface area contributed by atoms with E-state index in [4.69, 9.17) is 9.15 Å². The number of aromatic nitrogens is 1. The molecule has 1 N–H and O–H groups in total. The topological polar surface area (TPSA) is 81.4 Å². The smallest absolute Gasteiger partial charge is 0.262 e. The summed E-state index contributed by atoms with van der Waals surface area (Å²) in [6.07, 6.45) is 1.32. The fraction of sp³-hybridized carbons (Fsp3) is 0.133. The monoisotopic (exact) mass is 318 g/mol. The molecule has 0 atom stereocenters. The molecule has 7 heteroatoms. The third-order valence-electron chi connectivity index (χ3n) is 3.25. The first-order chi connectivity index (χ1) is 10.5. The van der Waals surface area contributed by atoms with E-state index < -0.39 is 10.0 Å². The lowest BCUT2D eigenvalue weighted by Gasteiger charge is -2.11. The summed E-state index contributed by atoms with van der Waals surface area (Å²) in [7, 11) is -2.15. The Kier molecular flexibility index (Phi) is 3.50. The van der Waals surface area contributed by atoms with Gasteiger partial charge in [0.1, 0.15) is 11.3 Å². The van der Waals surface area contributed by atoms with Crippen LogP contribution in [0.2, 0.25) is 0 Å². The highest BCUT2D eigenvalue weighted by Gasteiger charge is 2.17. The standard InChI is InChI=1S/C15H14N2O4S/c1-10-7-12(20-2)4-6-15(10)22(18,19)17-11-3-5-14-13(8-11)16-9-21-14/h3-9,17H,1-2H3. The van der Waals surface area contributed by atoms with Gasteiger partial charge in [-0.05, 0) is 48.9 Å². The van der Waals surface area contributed by atoms with Gasteiger partial charge in [-0.2, -0.15) is 0 Å². The molecule has 1 aromatic heterocycles. The van der Waals surface area contributed by atoms with Gasteiger partial charge < -0.3 is 9.15 Å². The van der Waals surface area contributed by atoms with Crippen molar-refractivity contribution in [2.75, 3.05) is 11.8 Å². The number of anilines is 1. The van der Waals surface area contributed by atoms with Crippen molar-refractivity contribution >= 4 is 26.8 Å². The van der Waals surface area contributed by atoms with Gasteiger partial charge in [0.05, 0.1) is 17.7 Å². The maximum absolute atomic E-state index is 12.5. The van der Waals surface area contributed by atoms with E-state index in [1.54, 1.807) is 37.3 Å². The van der Waals surface area contributed by atoms with Crippen LogP contribution in [0, 0.1) is 6.92 Å². The number of hydrogen-bond acceptors (Lipinski definition) is 5. The molecular weight excluding hydrogens is 304 g/mol. The van der Waals surface area contributed by atoms with Crippen LogP contribution in [0.5, 0.6) is 5.75 Å². The number of sulfonamides is 1. The molecule has 0 fully saturated rings. The summed E-state index contributed by atoms with van der Waals surface area (Å²) < 4.78 is 37.8. The SMILES string of the molecule is COc1ccc(S(=O)(=O)Nc2ccc3ocnc3c2)c(C)c1. The molecule has 0 radical (unpaired) electrons. The van der Waals surface area contributed by atoms with Crippen LogP contribution < -0.4 is 9.46 Å². The van der Waals surface area contributed by atoms with Gasteiger partial charge >= 0.3 is 0 Å². The number of nitrogens with zero attached hydrogens (tertiary/aromatic N) is 1. The van der Waals surface area contributed by atoms with E-state index in [2.05, 4.69) is 9.71 Å². The molecule has 0 aliphatic heterocycles. The minimum absolute atomic E-state index is 0.202. The van der Waals surface area contributed by atoms with Crippen molar-refractivity contribution in [2.45, 2.75) is 11.8 Å². The van der Waals surface area contributed by atoms with Crippen molar-refractivity contribution < 1.29 is 17.6 Å². The first-order valence-corrected chi connectivity index (χ1v) is 7.98. The minimum atomic E-state index is -3.68. The quantitative estimate of drug-likeness (QED) is 0.800. The predicted molar refractivity (Wildman–Crippen MR) is 82.5 cm³/mol. The number of ether oxygens (including phenoxy) is 1. The van der Waals surface area contributed by atoms with Crippen molar-refractivity contribution in [3.8, 4) is 5.75 Å². The van der Waals surface area contributed by atoms with E-state index in [9.17, 15) is 8.42 Å². The van der Waals surface area contributed by atoms with E-state index in [0.29, 0.717) is 28.1 Å². The number of hydrogen-bond donors (Lipinski definition) is 1. The lowest BCUT2D eigenvalue weighted by molar-refractivity contribution is 0.414. The van der Waals surface area contributed by atoms with Gasteiger partial charge in [0.25, 0.3) is 10.0 Å². The molecule has 3 aromatic rings. The zero-order valence-corrected chi connectivity index (χ0v) is 12.8. The Morgan fingerprint density at radius 2 is 2.00 bits per heavy atom. The van der Waals surface area contributed by atoms with Crippen LogP contribution in [0.3, 0.4) is 0 Å². The Bertz CT molecular complexity index is 932. The van der Waals surface area contributed by atoms with Crippen LogP contribution in [0.4, 0.5) is 5.69 Å². The summed E-state index contributed by atoms with van der Waals surface area (Å²) in [5, 5.41) is 0. The maximum Gasteiger partial charge on any atom is 0.262 e. The molecule has 0 spiro atoms. The molecule has 0 saturated carbocycles. The van der Waals surface area contributed by atoms with Crippen molar-refractivity contribution in [1.29, 1.82) is 0 Å². The van der Waals surface area contributed by atoms with E-state index in [1.807, 2.05) is 0 Å². The zero-order valence-electron chi connectivity index (χ0n) is 12.0. The third-order valence-corrected chi connectivity index (χ3v) is 4.80. The summed E-state index contributed by atoms with van der Waals surface area (Å²) in [6.45, 7) is 1.72. The minimum Gasteiger partial charge on any atom is -0.497 e. The van der Waals surface area contributed by atoms with E-state index >= 15 is 0 Å². The second-order valence-corrected chi connectivity index (χ2v) is 6.42. The number of fused-ring (bicyclic) bond motifs is 1. The van der Waals surface area contributed by atoms with Crippen LogP contribution in [-0.2, 0) is 10.0 Å². The molecule has 0 bridgehead atoms. The maximum atomic E-state index is 12.5. The number of nitrogens with one attached hydrogen (secondary N) is 1. The molecule has 0 aliphatic carbocycles. The molecule has 22 heavy (non-hydrogen) atoms. The molecular formula is C15H14N2O4S. The molecule has 0 amide bonds. The fourth-order valence-corrected chi connectivity index (χ4v) is 3.46. The predicted octanol–water partition coefficient (Wildman–Crippen LogP) is 2.95. The molecule has 0 aliphatic rings. The second kappa shape index (κ2) is 5.34. The Labute approximate surface area is 127 Å². The molecule has 6 nitrogen and oxygen atoms in total. The van der Waals surface area contributed by atoms with E-state index in [-0.39, 0.29) is 4.90 Å². The molecule has 1 heterocycles. The number of aryl methyl sites for hydroxylation is 1. The van der Waals surface area contributed by atoms with Crippen LogP contribution >= 0.6 is 0 Å². The highest BCUT2D eigenvalue weighted by molar-refractivity contribution is 7.92. The molecule has 0 saturated heterocycles. The summed E-state index contributed by atoms with van der Waals surface area (Å²) in [6, 6.07) is 9.73. The normalized spacial score (nSPS) is 11.5. The van der Waals surface area contributed by atoms with Gasteiger partial charge in [0.15, 0.2) is 12.0 Å². The van der Waals surface area contributed by atoms with E-state index in [0.717, 1.165) is 0 Å². The first-order valence-electron chi connectivity index (χ1n) is 6.50. The molecule has 2 aromatic carbocycles. The van der Waals surface area contributed by atoms with Crippen molar-refractivity contribution in [3.05, 3.63) is 48.4 Å². The highest BCUT2D eigenvalue weighted by Crippen LogP contribution is 2.24. The average molecular weight is 318 g/mol. The van der Waals surface area contributed by atoms with Crippen molar-refractivity contribution in [2.24, 2.45) is 0 Å². The first kappa shape index (κ1) is 14.4. The van der Waals surface area contributed by atoms with Gasteiger partial charge in [-0.3, -0.25) is 4.72 Å². The second-order valence-electron chi connectivity index (χ2n) is 4.77. The largest absolute Gasteiger partial charge is 0.497 e. The molecule has 0 unspecified atom stereocenters. The van der Waals surface area contributed by atoms with E-state index in [1.165, 1.54) is 19.6 Å². The van der Waals surface area contributed by atoms with Crippen LogP contribution in [0.25, 0.3) is 11.1 Å². The van der Waals surface area contributed by atoms with Gasteiger partial charge in [0, 0.05) is 0 Å². The van der Waals surface area contributed by atoms with Crippen LogP contribution in [0.1, 0.15) is 5.56 Å². The average Bonchev–Trinajstić information content (AvgIpc) is 2.93. The number of benzene rings is 2. The zero-order chi connectivity index (χ0) is 15.7. The van der Waals surface area contributed by atoms with Crippen molar-refractivity contribution in [1.82, 2.24) is 4.98 Å². The number of rotatable bonds is 4. The lowest BCUT2D eigenvalue weighted by atomic mass is 10.2. The Morgan fingerprint density at radius 1 is 1.18 bits per heavy atom. The fourth-order valence-electron chi connectivity index (χ4n) is 2.18. The summed E-state index contributed by atoms with van der Waals surface area (Å²) in [4.78, 5) is 4.21. The molecule has 114 valence electrons. The van der Waals surface area contributed by atoms with Gasteiger partial charge in [-0.25, -0.2) is 13.4 Å². The Balaban J connectivity index is 1.95. The highest BCUT2D eigenvalue weighted by atomic mass is 32.2. The Hall–Kier alpha value is -2.54. The third kappa shape index (κ3) is 2.62. The lowest BCUT2D eigenvalue weighted by Crippen LogP contribution is -2.14. The van der Waals surface area contributed by atoms with Gasteiger partial charge in [-0.15, -0.1) is 0 Å². The number of methoxy groups -OCH3 is 1. The summed E-state index contributed by atoms with van der Waals surface area (Å²) >= 11 is 0. The van der Waals surface area contributed by atoms with Crippen LogP contribution in [0.15, 0.2) is 52.1 Å². The number of oxazole rings is 1. The van der Waals surface area contributed by atoms with Crippen molar-refractivity contribution in [3.63, 3.8) is 0 Å². The van der Waals surface area contributed by atoms with Gasteiger partial charge in [-0.1, -0.05) is 0 Å². The Morgan fingerprint density at radius 3 is 2.73 bits per heavy atom.